The van der Waals surface area contributed by atoms with Crippen molar-refractivity contribution in [3.8, 4) is 0 Å². The normalized spacial score (nSPS) is 32.2. The number of nitrogens with one attached hydrogen (secondary N) is 1. The summed E-state index contributed by atoms with van der Waals surface area (Å²) in [5.74, 6) is -0.185. The lowest BCUT2D eigenvalue weighted by atomic mass is 9.94. The lowest BCUT2D eigenvalue weighted by Crippen LogP contribution is -2.57. The van der Waals surface area contributed by atoms with Crippen molar-refractivity contribution >= 4 is 5.91 Å². The Kier molecular flexibility index (Phi) is 5.28. The fourth-order valence-corrected chi connectivity index (χ4v) is 4.05. The quantitative estimate of drug-likeness (QED) is 0.787. The summed E-state index contributed by atoms with van der Waals surface area (Å²) in [4.78, 5) is 16.9. The van der Waals surface area contributed by atoms with E-state index in [1.165, 1.54) is 25.9 Å². The predicted molar refractivity (Wildman–Crippen MR) is 86.1 cm³/mol. The van der Waals surface area contributed by atoms with Crippen LogP contribution in [0, 0.1) is 0 Å². The summed E-state index contributed by atoms with van der Waals surface area (Å²) in [7, 11) is 4.42. The molecule has 2 unspecified atom stereocenters. The van der Waals surface area contributed by atoms with Crippen LogP contribution >= 0.6 is 0 Å². The summed E-state index contributed by atoms with van der Waals surface area (Å²) in [6.07, 6.45) is 5.23. The van der Waals surface area contributed by atoms with E-state index in [0.717, 1.165) is 19.3 Å². The highest BCUT2D eigenvalue weighted by Crippen LogP contribution is 2.35. The molecule has 0 aromatic rings. The Morgan fingerprint density at radius 1 is 1.29 bits per heavy atom. The van der Waals surface area contributed by atoms with Crippen LogP contribution < -0.4 is 11.1 Å². The maximum absolute atomic E-state index is 12.0. The molecular weight excluding hydrogens is 264 g/mol. The second-order valence-electron chi connectivity index (χ2n) is 7.34. The standard InChI is InChI=1S/C16H32N4O/c1-12(2)18-16(15(17)21)8-5-14(11-16)20(4)13-6-9-19(3)10-7-13/h12-14,18H,5-11H2,1-4H3,(H2,17,21). The van der Waals surface area contributed by atoms with Crippen LogP contribution in [0.4, 0.5) is 0 Å². The molecule has 1 saturated heterocycles. The first-order chi connectivity index (χ1) is 9.84. The molecule has 0 aromatic heterocycles. The summed E-state index contributed by atoms with van der Waals surface area (Å²) < 4.78 is 0. The minimum Gasteiger partial charge on any atom is -0.368 e. The maximum atomic E-state index is 12.0. The van der Waals surface area contributed by atoms with Crippen molar-refractivity contribution in [3.05, 3.63) is 0 Å². The molecule has 0 radical (unpaired) electrons. The molecule has 0 spiro atoms. The van der Waals surface area contributed by atoms with Gasteiger partial charge < -0.3 is 20.9 Å². The number of likely N-dealkylation sites (tertiary alicyclic amines) is 1. The first-order valence-electron chi connectivity index (χ1n) is 8.32. The van der Waals surface area contributed by atoms with E-state index in [1.807, 2.05) is 0 Å². The van der Waals surface area contributed by atoms with E-state index in [0.29, 0.717) is 12.1 Å². The van der Waals surface area contributed by atoms with Crippen molar-refractivity contribution in [3.63, 3.8) is 0 Å². The molecule has 1 saturated carbocycles. The van der Waals surface area contributed by atoms with Gasteiger partial charge in [0.05, 0.1) is 5.54 Å². The number of nitrogens with zero attached hydrogens (tertiary/aromatic N) is 2. The van der Waals surface area contributed by atoms with Crippen LogP contribution in [0.1, 0.15) is 46.0 Å². The number of primary amides is 1. The summed E-state index contributed by atoms with van der Waals surface area (Å²) in [6.45, 7) is 6.51. The monoisotopic (exact) mass is 296 g/mol. The molecule has 2 fully saturated rings. The van der Waals surface area contributed by atoms with Crippen molar-refractivity contribution in [2.45, 2.75) is 69.6 Å². The van der Waals surface area contributed by atoms with Crippen molar-refractivity contribution in [2.75, 3.05) is 27.2 Å². The first kappa shape index (κ1) is 16.7. The number of carbonyl (C=O) groups is 1. The van der Waals surface area contributed by atoms with Gasteiger partial charge in [-0.25, -0.2) is 0 Å². The smallest absolute Gasteiger partial charge is 0.237 e. The summed E-state index contributed by atoms with van der Waals surface area (Å²) in [5, 5.41) is 3.44. The molecule has 1 aliphatic heterocycles. The molecule has 2 rings (SSSR count). The van der Waals surface area contributed by atoms with Gasteiger partial charge in [0, 0.05) is 18.1 Å². The van der Waals surface area contributed by atoms with Gasteiger partial charge in [-0.2, -0.15) is 0 Å². The fraction of sp³-hybridized carbons (Fsp3) is 0.938. The van der Waals surface area contributed by atoms with Gasteiger partial charge in [-0.15, -0.1) is 0 Å². The van der Waals surface area contributed by atoms with E-state index < -0.39 is 5.54 Å². The molecule has 2 aliphatic rings. The highest BCUT2D eigenvalue weighted by Gasteiger charge is 2.46. The van der Waals surface area contributed by atoms with Crippen LogP contribution in [0.25, 0.3) is 0 Å². The Morgan fingerprint density at radius 2 is 1.90 bits per heavy atom. The number of hydrogen-bond donors (Lipinski definition) is 2. The zero-order valence-electron chi connectivity index (χ0n) is 14.1. The van der Waals surface area contributed by atoms with Crippen LogP contribution in [0.15, 0.2) is 0 Å². The highest BCUT2D eigenvalue weighted by molar-refractivity contribution is 5.85. The second-order valence-corrected chi connectivity index (χ2v) is 7.34. The van der Waals surface area contributed by atoms with Crippen LogP contribution in [0.5, 0.6) is 0 Å². The number of rotatable bonds is 5. The van der Waals surface area contributed by atoms with Crippen molar-refractivity contribution in [1.82, 2.24) is 15.1 Å². The molecule has 0 aromatic carbocycles. The van der Waals surface area contributed by atoms with Gasteiger partial charge in [0.1, 0.15) is 0 Å². The summed E-state index contributed by atoms with van der Waals surface area (Å²) >= 11 is 0. The maximum Gasteiger partial charge on any atom is 0.237 e. The largest absolute Gasteiger partial charge is 0.368 e. The van der Waals surface area contributed by atoms with Crippen LogP contribution in [0.3, 0.4) is 0 Å². The summed E-state index contributed by atoms with van der Waals surface area (Å²) in [6, 6.07) is 1.40. The van der Waals surface area contributed by atoms with E-state index in [4.69, 9.17) is 5.73 Å². The van der Waals surface area contributed by atoms with Crippen molar-refractivity contribution < 1.29 is 4.79 Å². The molecule has 5 heteroatoms. The SMILES string of the molecule is CC(C)NC1(C(N)=O)CCC(N(C)C2CCN(C)CC2)C1. The number of amides is 1. The van der Waals surface area contributed by atoms with Gasteiger partial charge >= 0.3 is 0 Å². The molecule has 1 heterocycles. The third-order valence-corrected chi connectivity index (χ3v) is 5.37. The zero-order valence-corrected chi connectivity index (χ0v) is 14.1. The van der Waals surface area contributed by atoms with Gasteiger partial charge in [-0.1, -0.05) is 0 Å². The van der Waals surface area contributed by atoms with Crippen molar-refractivity contribution in [2.24, 2.45) is 5.73 Å². The van der Waals surface area contributed by atoms with Gasteiger partial charge in [-0.05, 0) is 73.1 Å². The molecule has 21 heavy (non-hydrogen) atoms. The zero-order chi connectivity index (χ0) is 15.6. The van der Waals surface area contributed by atoms with E-state index >= 15 is 0 Å². The van der Waals surface area contributed by atoms with E-state index in [-0.39, 0.29) is 11.9 Å². The Balaban J connectivity index is 1.98. The molecular formula is C16H32N4O. The Morgan fingerprint density at radius 3 is 2.43 bits per heavy atom. The molecule has 2 atom stereocenters. The topological polar surface area (TPSA) is 61.6 Å². The Hall–Kier alpha value is -0.650. The molecule has 3 N–H and O–H groups in total. The van der Waals surface area contributed by atoms with Crippen LogP contribution in [-0.2, 0) is 4.79 Å². The molecule has 1 aliphatic carbocycles. The Labute approximate surface area is 129 Å². The van der Waals surface area contributed by atoms with Crippen molar-refractivity contribution in [1.29, 1.82) is 0 Å². The first-order valence-corrected chi connectivity index (χ1v) is 8.32. The number of piperidine rings is 1. The predicted octanol–water partition coefficient (Wildman–Crippen LogP) is 0.787. The molecule has 1 amide bonds. The third kappa shape index (κ3) is 3.76. The van der Waals surface area contributed by atoms with E-state index in [2.05, 4.69) is 43.1 Å². The number of nitrogens with two attached hydrogens (primary N) is 1. The highest BCUT2D eigenvalue weighted by atomic mass is 16.1. The van der Waals surface area contributed by atoms with Gasteiger partial charge in [-0.3, -0.25) is 4.79 Å². The van der Waals surface area contributed by atoms with E-state index in [1.54, 1.807) is 0 Å². The molecule has 0 bridgehead atoms. The average molecular weight is 296 g/mol. The fourth-order valence-electron chi connectivity index (χ4n) is 4.05. The van der Waals surface area contributed by atoms with Crippen LogP contribution in [0.2, 0.25) is 0 Å². The Bertz CT molecular complexity index is 365. The third-order valence-electron chi connectivity index (χ3n) is 5.37. The van der Waals surface area contributed by atoms with Gasteiger partial charge in [0.2, 0.25) is 5.91 Å². The lowest BCUT2D eigenvalue weighted by Gasteiger charge is -2.39. The van der Waals surface area contributed by atoms with Gasteiger partial charge in [0.15, 0.2) is 0 Å². The second kappa shape index (κ2) is 6.63. The number of carbonyl (C=O) groups excluding carboxylic acids is 1. The van der Waals surface area contributed by atoms with Gasteiger partial charge in [0.25, 0.3) is 0 Å². The lowest BCUT2D eigenvalue weighted by molar-refractivity contribution is -0.124. The molecule has 122 valence electrons. The molecule has 5 nitrogen and oxygen atoms in total. The minimum atomic E-state index is -0.501. The minimum absolute atomic E-state index is 0.185. The van der Waals surface area contributed by atoms with Crippen LogP contribution in [-0.4, -0.2) is 66.6 Å². The summed E-state index contributed by atoms with van der Waals surface area (Å²) in [5.41, 5.74) is 5.21. The number of hydrogen-bond acceptors (Lipinski definition) is 4. The van der Waals surface area contributed by atoms with E-state index in [9.17, 15) is 4.79 Å². The average Bonchev–Trinajstić information content (AvgIpc) is 2.83.